The summed E-state index contributed by atoms with van der Waals surface area (Å²) < 4.78 is 1.76. The average Bonchev–Trinajstić information content (AvgIpc) is 3.02. The summed E-state index contributed by atoms with van der Waals surface area (Å²) in [6.07, 6.45) is 0.323. The van der Waals surface area contributed by atoms with Crippen LogP contribution in [-0.4, -0.2) is 15.7 Å². The molecule has 128 valence electrons. The van der Waals surface area contributed by atoms with Crippen molar-refractivity contribution in [2.24, 2.45) is 0 Å². The summed E-state index contributed by atoms with van der Waals surface area (Å²) in [5, 5.41) is 9.79. The van der Waals surface area contributed by atoms with Crippen LogP contribution in [0.1, 0.15) is 11.3 Å². The van der Waals surface area contributed by atoms with Crippen LogP contribution < -0.4 is 5.32 Å². The van der Waals surface area contributed by atoms with E-state index in [1.807, 2.05) is 61.5 Å². The first-order valence-electron chi connectivity index (χ1n) is 8.59. The normalized spacial score (nSPS) is 10.8. The largest absolute Gasteiger partial charge is 0.310 e. The molecule has 0 fully saturated rings. The maximum Gasteiger partial charge on any atom is 0.229 e. The fourth-order valence-electron chi connectivity index (χ4n) is 3.08. The third-order valence-electron chi connectivity index (χ3n) is 4.28. The van der Waals surface area contributed by atoms with E-state index in [0.29, 0.717) is 12.2 Å². The van der Waals surface area contributed by atoms with Crippen LogP contribution in [0, 0.1) is 6.92 Å². The fraction of sp³-hybridized carbons (Fsp3) is 0.0909. The number of amides is 1. The second-order valence-corrected chi connectivity index (χ2v) is 6.32. The molecule has 0 spiro atoms. The van der Waals surface area contributed by atoms with Crippen molar-refractivity contribution in [3.8, 4) is 5.69 Å². The first kappa shape index (κ1) is 16.1. The summed E-state index contributed by atoms with van der Waals surface area (Å²) in [6, 6.07) is 25.9. The zero-order valence-corrected chi connectivity index (χ0v) is 14.5. The molecule has 1 aromatic heterocycles. The number of carbonyl (C=O) groups is 1. The SMILES string of the molecule is Cc1cc(NC(=O)Cc2ccc3ccccc3c2)n(-c2ccccc2)n1. The molecular formula is C22H19N3O. The minimum absolute atomic E-state index is 0.0580. The van der Waals surface area contributed by atoms with Crippen LogP contribution in [0.15, 0.2) is 78.9 Å². The van der Waals surface area contributed by atoms with Gasteiger partial charge in [-0.2, -0.15) is 5.10 Å². The van der Waals surface area contributed by atoms with Gasteiger partial charge in [-0.25, -0.2) is 4.68 Å². The molecule has 4 nitrogen and oxygen atoms in total. The molecule has 3 aromatic carbocycles. The molecule has 0 unspecified atom stereocenters. The van der Waals surface area contributed by atoms with E-state index < -0.39 is 0 Å². The number of carbonyl (C=O) groups excluding carboxylic acids is 1. The van der Waals surface area contributed by atoms with Gasteiger partial charge in [0, 0.05) is 6.07 Å². The molecule has 1 heterocycles. The Balaban J connectivity index is 1.55. The molecule has 0 atom stereocenters. The number of aromatic nitrogens is 2. The van der Waals surface area contributed by atoms with E-state index in [4.69, 9.17) is 0 Å². The Morgan fingerprint density at radius 1 is 0.923 bits per heavy atom. The number of hydrogen-bond acceptors (Lipinski definition) is 2. The van der Waals surface area contributed by atoms with Gasteiger partial charge in [0.25, 0.3) is 0 Å². The quantitative estimate of drug-likeness (QED) is 0.593. The van der Waals surface area contributed by atoms with Crippen molar-refractivity contribution in [1.82, 2.24) is 9.78 Å². The van der Waals surface area contributed by atoms with Gasteiger partial charge < -0.3 is 5.32 Å². The topological polar surface area (TPSA) is 46.9 Å². The second-order valence-electron chi connectivity index (χ2n) is 6.32. The van der Waals surface area contributed by atoms with Gasteiger partial charge in [0.1, 0.15) is 5.82 Å². The first-order chi connectivity index (χ1) is 12.7. The predicted octanol–water partition coefficient (Wildman–Crippen LogP) is 4.52. The van der Waals surface area contributed by atoms with Gasteiger partial charge in [-0.3, -0.25) is 4.79 Å². The Kier molecular flexibility index (Phi) is 4.23. The number of nitrogens with zero attached hydrogens (tertiary/aromatic N) is 2. The van der Waals surface area contributed by atoms with E-state index in [0.717, 1.165) is 22.3 Å². The van der Waals surface area contributed by atoms with Gasteiger partial charge >= 0.3 is 0 Å². The van der Waals surface area contributed by atoms with E-state index >= 15 is 0 Å². The van der Waals surface area contributed by atoms with Gasteiger partial charge in [0.2, 0.25) is 5.91 Å². The molecule has 0 saturated carbocycles. The van der Waals surface area contributed by atoms with Crippen molar-refractivity contribution >= 4 is 22.5 Å². The summed E-state index contributed by atoms with van der Waals surface area (Å²) in [5.74, 6) is 0.622. The van der Waals surface area contributed by atoms with Gasteiger partial charge in [-0.15, -0.1) is 0 Å². The highest BCUT2D eigenvalue weighted by molar-refractivity contribution is 5.93. The minimum Gasteiger partial charge on any atom is -0.310 e. The summed E-state index contributed by atoms with van der Waals surface area (Å²) in [4.78, 5) is 12.6. The van der Waals surface area contributed by atoms with Crippen molar-refractivity contribution in [1.29, 1.82) is 0 Å². The Labute approximate surface area is 152 Å². The number of para-hydroxylation sites is 1. The molecule has 4 heteroatoms. The highest BCUT2D eigenvalue weighted by Crippen LogP contribution is 2.19. The summed E-state index contributed by atoms with van der Waals surface area (Å²) in [7, 11) is 0. The number of nitrogens with one attached hydrogen (secondary N) is 1. The molecule has 0 radical (unpaired) electrons. The fourth-order valence-corrected chi connectivity index (χ4v) is 3.08. The van der Waals surface area contributed by atoms with Crippen LogP contribution in [0.3, 0.4) is 0 Å². The lowest BCUT2D eigenvalue weighted by Crippen LogP contribution is -2.17. The molecule has 1 N–H and O–H groups in total. The third-order valence-corrected chi connectivity index (χ3v) is 4.28. The lowest BCUT2D eigenvalue weighted by Gasteiger charge is -2.09. The number of hydrogen-bond donors (Lipinski definition) is 1. The third kappa shape index (κ3) is 3.35. The molecule has 26 heavy (non-hydrogen) atoms. The highest BCUT2D eigenvalue weighted by atomic mass is 16.1. The molecule has 0 bridgehead atoms. The summed E-state index contributed by atoms with van der Waals surface area (Å²) in [6.45, 7) is 1.92. The Hall–Kier alpha value is -3.40. The standard InChI is InChI=1S/C22H19N3O/c1-16-13-21(25(24-16)20-9-3-2-4-10-20)23-22(26)15-17-11-12-18-7-5-6-8-19(18)14-17/h2-14H,15H2,1H3,(H,23,26). The van der Waals surface area contributed by atoms with Crippen LogP contribution in [0.25, 0.3) is 16.5 Å². The van der Waals surface area contributed by atoms with Gasteiger partial charge in [0.15, 0.2) is 0 Å². The maximum absolute atomic E-state index is 12.6. The maximum atomic E-state index is 12.6. The molecule has 1 amide bonds. The van der Waals surface area contributed by atoms with Gasteiger partial charge in [-0.05, 0) is 35.4 Å². The molecule has 4 rings (SSSR count). The first-order valence-corrected chi connectivity index (χ1v) is 8.59. The van der Waals surface area contributed by atoms with E-state index in [2.05, 4.69) is 34.7 Å². The van der Waals surface area contributed by atoms with Crippen LogP contribution in [0.5, 0.6) is 0 Å². The molecule has 4 aromatic rings. The number of rotatable bonds is 4. The molecule has 0 aliphatic rings. The minimum atomic E-state index is -0.0580. The summed E-state index contributed by atoms with van der Waals surface area (Å²) >= 11 is 0. The van der Waals surface area contributed by atoms with E-state index in [1.54, 1.807) is 4.68 Å². The molecule has 0 aliphatic carbocycles. The van der Waals surface area contributed by atoms with Crippen LogP contribution in [0.4, 0.5) is 5.82 Å². The predicted molar refractivity (Wildman–Crippen MR) is 105 cm³/mol. The van der Waals surface area contributed by atoms with Crippen LogP contribution in [-0.2, 0) is 11.2 Å². The lowest BCUT2D eigenvalue weighted by molar-refractivity contribution is -0.115. The van der Waals surface area contributed by atoms with E-state index in [1.165, 1.54) is 5.39 Å². The van der Waals surface area contributed by atoms with Gasteiger partial charge in [-0.1, -0.05) is 60.7 Å². The lowest BCUT2D eigenvalue weighted by atomic mass is 10.0. The van der Waals surface area contributed by atoms with Crippen molar-refractivity contribution in [3.63, 3.8) is 0 Å². The smallest absolute Gasteiger partial charge is 0.229 e. The Morgan fingerprint density at radius 3 is 2.46 bits per heavy atom. The van der Waals surface area contributed by atoms with Crippen LogP contribution in [0.2, 0.25) is 0 Å². The van der Waals surface area contributed by atoms with Crippen LogP contribution >= 0.6 is 0 Å². The Morgan fingerprint density at radius 2 is 1.65 bits per heavy atom. The molecular weight excluding hydrogens is 322 g/mol. The zero-order valence-electron chi connectivity index (χ0n) is 14.5. The van der Waals surface area contributed by atoms with Crippen molar-refractivity contribution in [2.45, 2.75) is 13.3 Å². The van der Waals surface area contributed by atoms with Crippen molar-refractivity contribution < 1.29 is 4.79 Å². The van der Waals surface area contributed by atoms with Gasteiger partial charge in [0.05, 0.1) is 17.8 Å². The number of benzene rings is 3. The molecule has 0 saturated heterocycles. The highest BCUT2D eigenvalue weighted by Gasteiger charge is 2.11. The number of aryl methyl sites for hydroxylation is 1. The average molecular weight is 341 g/mol. The monoisotopic (exact) mass is 341 g/mol. The van der Waals surface area contributed by atoms with Crippen molar-refractivity contribution in [3.05, 3.63) is 90.1 Å². The molecule has 0 aliphatic heterocycles. The second kappa shape index (κ2) is 6.84. The number of anilines is 1. The number of fused-ring (bicyclic) bond motifs is 1. The van der Waals surface area contributed by atoms with E-state index in [9.17, 15) is 4.79 Å². The summed E-state index contributed by atoms with van der Waals surface area (Å²) in [5.41, 5.74) is 2.76. The zero-order chi connectivity index (χ0) is 17.9. The van der Waals surface area contributed by atoms with Crippen molar-refractivity contribution in [2.75, 3.05) is 5.32 Å². The van der Waals surface area contributed by atoms with E-state index in [-0.39, 0.29) is 5.91 Å². The Bertz CT molecular complexity index is 1070.